The number of carbonyl (C=O) groups is 1. The Morgan fingerprint density at radius 3 is 2.69 bits per heavy atom. The van der Waals surface area contributed by atoms with Gasteiger partial charge in [-0.25, -0.2) is 9.48 Å². The number of aromatic carboxylic acids is 1. The van der Waals surface area contributed by atoms with Crippen LogP contribution in [-0.4, -0.2) is 20.9 Å². The molecule has 0 unspecified atom stereocenters. The molecule has 2 rings (SSSR count). The monoisotopic (exact) mass is 280 g/mol. The summed E-state index contributed by atoms with van der Waals surface area (Å²) >= 11 is 3.40. The summed E-state index contributed by atoms with van der Waals surface area (Å²) in [6.45, 7) is 1.68. The minimum Gasteiger partial charge on any atom is -0.478 e. The second-order valence-corrected chi connectivity index (χ2v) is 4.18. The summed E-state index contributed by atoms with van der Waals surface area (Å²) in [6, 6.07) is 7.51. The number of benzene rings is 1. The molecule has 1 heterocycles. The van der Waals surface area contributed by atoms with Gasteiger partial charge in [-0.05, 0) is 35.0 Å². The van der Waals surface area contributed by atoms with Crippen LogP contribution in [0.4, 0.5) is 0 Å². The number of hydrogen-bond acceptors (Lipinski definition) is 2. The van der Waals surface area contributed by atoms with Crippen molar-refractivity contribution in [3.8, 4) is 5.69 Å². The maximum Gasteiger partial charge on any atom is 0.339 e. The van der Waals surface area contributed by atoms with Gasteiger partial charge in [0.25, 0.3) is 0 Å². The maximum absolute atomic E-state index is 10.9. The molecule has 0 aliphatic heterocycles. The highest BCUT2D eigenvalue weighted by Crippen LogP contribution is 2.21. The van der Waals surface area contributed by atoms with Gasteiger partial charge < -0.3 is 5.11 Å². The molecule has 1 aromatic carbocycles. The zero-order valence-corrected chi connectivity index (χ0v) is 10.1. The average Bonchev–Trinajstić information content (AvgIpc) is 2.61. The first-order valence-corrected chi connectivity index (χ1v) is 5.43. The molecular weight excluding hydrogens is 272 g/mol. The molecule has 4 nitrogen and oxygen atoms in total. The molecule has 0 aliphatic rings. The van der Waals surface area contributed by atoms with Gasteiger partial charge in [0, 0.05) is 10.7 Å². The summed E-state index contributed by atoms with van der Waals surface area (Å²) in [5.74, 6) is -0.962. The fraction of sp³-hybridized carbons (Fsp3) is 0.0909. The number of carboxylic acid groups (broad SMARTS) is 1. The molecule has 0 fully saturated rings. The van der Waals surface area contributed by atoms with Gasteiger partial charge in [0.2, 0.25) is 0 Å². The standard InChI is InChI=1S/C11H9BrN2O2/c1-7-8(11(15)16)6-14(13-7)10-5-3-2-4-9(10)12/h2-6H,1H3,(H,15,16). The number of aryl methyl sites for hydroxylation is 1. The molecule has 0 saturated carbocycles. The van der Waals surface area contributed by atoms with Crippen LogP contribution in [-0.2, 0) is 0 Å². The molecule has 0 saturated heterocycles. The predicted octanol–water partition coefficient (Wildman–Crippen LogP) is 2.64. The molecule has 1 aromatic heterocycles. The zero-order chi connectivity index (χ0) is 11.7. The molecule has 82 valence electrons. The summed E-state index contributed by atoms with van der Waals surface area (Å²) < 4.78 is 2.43. The number of carboxylic acids is 1. The first kappa shape index (κ1) is 10.9. The lowest BCUT2D eigenvalue weighted by Gasteiger charge is -2.02. The van der Waals surface area contributed by atoms with E-state index < -0.39 is 5.97 Å². The molecule has 5 heteroatoms. The summed E-state index contributed by atoms with van der Waals surface area (Å²) in [5.41, 5.74) is 1.54. The van der Waals surface area contributed by atoms with Crippen molar-refractivity contribution in [2.24, 2.45) is 0 Å². The van der Waals surface area contributed by atoms with Gasteiger partial charge in [-0.1, -0.05) is 12.1 Å². The van der Waals surface area contributed by atoms with Crippen molar-refractivity contribution < 1.29 is 9.90 Å². The van der Waals surface area contributed by atoms with Gasteiger partial charge in [-0.15, -0.1) is 0 Å². The highest BCUT2D eigenvalue weighted by molar-refractivity contribution is 9.10. The summed E-state index contributed by atoms with van der Waals surface area (Å²) in [5, 5.41) is 13.1. The zero-order valence-electron chi connectivity index (χ0n) is 8.51. The number of halogens is 1. The second kappa shape index (κ2) is 4.09. The third kappa shape index (κ3) is 1.86. The van der Waals surface area contributed by atoms with E-state index in [1.165, 1.54) is 6.20 Å². The molecule has 0 aliphatic carbocycles. The Morgan fingerprint density at radius 2 is 2.12 bits per heavy atom. The summed E-state index contributed by atoms with van der Waals surface area (Å²) in [6.07, 6.45) is 1.51. The second-order valence-electron chi connectivity index (χ2n) is 3.33. The van der Waals surface area contributed by atoms with Crippen molar-refractivity contribution in [3.05, 3.63) is 46.2 Å². The average molecular weight is 281 g/mol. The third-order valence-corrected chi connectivity index (χ3v) is 2.90. The highest BCUT2D eigenvalue weighted by Gasteiger charge is 2.13. The summed E-state index contributed by atoms with van der Waals surface area (Å²) in [4.78, 5) is 10.9. The molecule has 2 aromatic rings. The van der Waals surface area contributed by atoms with Crippen molar-refractivity contribution in [1.29, 1.82) is 0 Å². The number of para-hydroxylation sites is 1. The third-order valence-electron chi connectivity index (χ3n) is 2.23. The van der Waals surface area contributed by atoms with E-state index in [0.29, 0.717) is 5.69 Å². The topological polar surface area (TPSA) is 55.1 Å². The molecule has 0 atom stereocenters. The van der Waals surface area contributed by atoms with E-state index in [9.17, 15) is 4.79 Å². The molecule has 16 heavy (non-hydrogen) atoms. The Balaban J connectivity index is 2.54. The Kier molecular flexibility index (Phi) is 2.78. The number of aromatic nitrogens is 2. The van der Waals surface area contributed by atoms with Gasteiger partial charge in [-0.2, -0.15) is 5.10 Å². The van der Waals surface area contributed by atoms with Crippen molar-refractivity contribution in [3.63, 3.8) is 0 Å². The molecule has 1 N–H and O–H groups in total. The van der Waals surface area contributed by atoms with Gasteiger partial charge in [0.1, 0.15) is 5.56 Å². The quantitative estimate of drug-likeness (QED) is 0.920. The minimum atomic E-state index is -0.962. The Labute approximate surface area is 101 Å². The largest absolute Gasteiger partial charge is 0.478 e. The smallest absolute Gasteiger partial charge is 0.339 e. The van der Waals surface area contributed by atoms with Crippen LogP contribution in [0.2, 0.25) is 0 Å². The van der Waals surface area contributed by atoms with E-state index in [1.807, 2.05) is 24.3 Å². The Bertz CT molecular complexity index is 549. The van der Waals surface area contributed by atoms with Crippen LogP contribution in [0.5, 0.6) is 0 Å². The van der Waals surface area contributed by atoms with Crippen LogP contribution in [0.3, 0.4) is 0 Å². The first-order valence-electron chi connectivity index (χ1n) is 4.64. The van der Waals surface area contributed by atoms with Crippen LogP contribution in [0.1, 0.15) is 16.1 Å². The van der Waals surface area contributed by atoms with E-state index in [1.54, 1.807) is 11.6 Å². The van der Waals surface area contributed by atoms with Gasteiger partial charge >= 0.3 is 5.97 Å². The molecule has 0 amide bonds. The van der Waals surface area contributed by atoms with Crippen LogP contribution in [0.15, 0.2) is 34.9 Å². The van der Waals surface area contributed by atoms with Crippen LogP contribution < -0.4 is 0 Å². The molecule has 0 radical (unpaired) electrons. The number of rotatable bonds is 2. The highest BCUT2D eigenvalue weighted by atomic mass is 79.9. The van der Waals surface area contributed by atoms with Crippen LogP contribution in [0.25, 0.3) is 5.69 Å². The van der Waals surface area contributed by atoms with E-state index in [4.69, 9.17) is 5.11 Å². The molecular formula is C11H9BrN2O2. The van der Waals surface area contributed by atoms with Crippen molar-refractivity contribution in [1.82, 2.24) is 9.78 Å². The van der Waals surface area contributed by atoms with Crippen molar-refractivity contribution in [2.45, 2.75) is 6.92 Å². The lowest BCUT2D eigenvalue weighted by Crippen LogP contribution is -1.96. The SMILES string of the molecule is Cc1nn(-c2ccccc2Br)cc1C(=O)O. The first-order chi connectivity index (χ1) is 7.59. The maximum atomic E-state index is 10.9. The molecule has 0 spiro atoms. The van der Waals surface area contributed by atoms with Gasteiger partial charge in [0.15, 0.2) is 0 Å². The van der Waals surface area contributed by atoms with Crippen molar-refractivity contribution in [2.75, 3.05) is 0 Å². The van der Waals surface area contributed by atoms with E-state index in [-0.39, 0.29) is 5.56 Å². The van der Waals surface area contributed by atoms with Gasteiger partial charge in [0.05, 0.1) is 11.4 Å². The summed E-state index contributed by atoms with van der Waals surface area (Å²) in [7, 11) is 0. The van der Waals surface area contributed by atoms with E-state index in [2.05, 4.69) is 21.0 Å². The minimum absolute atomic E-state index is 0.218. The number of hydrogen-bond donors (Lipinski definition) is 1. The van der Waals surface area contributed by atoms with Crippen LogP contribution >= 0.6 is 15.9 Å². The fourth-order valence-electron chi connectivity index (χ4n) is 1.43. The molecule has 0 bridgehead atoms. The van der Waals surface area contributed by atoms with E-state index in [0.717, 1.165) is 10.2 Å². The van der Waals surface area contributed by atoms with E-state index >= 15 is 0 Å². The Morgan fingerprint density at radius 1 is 1.44 bits per heavy atom. The van der Waals surface area contributed by atoms with Gasteiger partial charge in [-0.3, -0.25) is 0 Å². The lowest BCUT2D eigenvalue weighted by molar-refractivity contribution is 0.0696. The Hall–Kier alpha value is -1.62. The normalized spacial score (nSPS) is 10.4. The van der Waals surface area contributed by atoms with Crippen LogP contribution in [0, 0.1) is 6.92 Å². The number of nitrogens with zero attached hydrogens (tertiary/aromatic N) is 2. The lowest BCUT2D eigenvalue weighted by atomic mass is 10.3. The van der Waals surface area contributed by atoms with Crippen molar-refractivity contribution >= 4 is 21.9 Å². The fourth-order valence-corrected chi connectivity index (χ4v) is 1.90. The predicted molar refractivity (Wildman–Crippen MR) is 63.0 cm³/mol.